The van der Waals surface area contributed by atoms with Gasteiger partial charge in [0.25, 0.3) is 0 Å². The second-order valence-electron chi connectivity index (χ2n) is 6.98. The molecule has 2 N–H and O–H groups in total. The predicted octanol–water partition coefficient (Wildman–Crippen LogP) is 2.47. The third-order valence-corrected chi connectivity index (χ3v) is 4.41. The molecular weight excluding hydrogens is 308 g/mol. The summed E-state index contributed by atoms with van der Waals surface area (Å²) in [4.78, 5) is 36.2. The van der Waals surface area contributed by atoms with Crippen molar-refractivity contribution in [3.05, 3.63) is 46.7 Å². The molecule has 0 spiro atoms. The summed E-state index contributed by atoms with van der Waals surface area (Å²) in [5.74, 6) is -0.387. The number of nitrogens with one attached hydrogen (secondary N) is 2. The van der Waals surface area contributed by atoms with Crippen molar-refractivity contribution in [3.8, 4) is 0 Å². The van der Waals surface area contributed by atoms with Crippen LogP contribution in [0.5, 0.6) is 0 Å². The largest absolute Gasteiger partial charge is 0.465 e. The van der Waals surface area contributed by atoms with Crippen LogP contribution in [-0.4, -0.2) is 24.9 Å². The number of Topliss-reactive ketones (excluding diaryl/α,β-unsaturated/α-hetero) is 1. The Labute approximate surface area is 140 Å². The molecule has 3 rings (SSSR count). The van der Waals surface area contributed by atoms with E-state index in [9.17, 15) is 14.4 Å². The van der Waals surface area contributed by atoms with E-state index in [0.29, 0.717) is 29.7 Å². The van der Waals surface area contributed by atoms with Gasteiger partial charge in [0.1, 0.15) is 0 Å². The van der Waals surface area contributed by atoms with E-state index in [2.05, 4.69) is 15.4 Å². The summed E-state index contributed by atoms with van der Waals surface area (Å²) in [6.45, 7) is 4.03. The van der Waals surface area contributed by atoms with Crippen LogP contribution >= 0.6 is 0 Å². The van der Waals surface area contributed by atoms with Gasteiger partial charge in [-0.2, -0.15) is 0 Å². The summed E-state index contributed by atoms with van der Waals surface area (Å²) in [6.07, 6.45) is 1.10. The Morgan fingerprint density at radius 3 is 2.46 bits per heavy atom. The Morgan fingerprint density at radius 2 is 1.83 bits per heavy atom. The summed E-state index contributed by atoms with van der Waals surface area (Å²) in [5, 5.41) is 5.58. The van der Waals surface area contributed by atoms with Gasteiger partial charge in [0, 0.05) is 17.7 Å². The molecule has 2 aliphatic rings. The van der Waals surface area contributed by atoms with Gasteiger partial charge in [-0.25, -0.2) is 9.59 Å². The number of ketones is 1. The zero-order valence-corrected chi connectivity index (χ0v) is 13.9. The van der Waals surface area contributed by atoms with Crippen molar-refractivity contribution >= 4 is 17.8 Å². The van der Waals surface area contributed by atoms with E-state index in [0.717, 1.165) is 5.56 Å². The minimum absolute atomic E-state index is 0.0378. The van der Waals surface area contributed by atoms with Crippen LogP contribution in [0.1, 0.15) is 48.7 Å². The Balaban J connectivity index is 1.99. The number of carbonyl (C=O) groups is 3. The van der Waals surface area contributed by atoms with Crippen molar-refractivity contribution in [1.29, 1.82) is 0 Å². The highest BCUT2D eigenvalue weighted by molar-refractivity contribution is 6.01. The first-order chi connectivity index (χ1) is 11.3. The fourth-order valence-corrected chi connectivity index (χ4v) is 3.34. The average molecular weight is 328 g/mol. The highest BCUT2D eigenvalue weighted by Gasteiger charge is 2.40. The van der Waals surface area contributed by atoms with Crippen LogP contribution in [0.3, 0.4) is 0 Å². The number of allylic oxidation sites excluding steroid dienone is 1. The van der Waals surface area contributed by atoms with Crippen LogP contribution in [0.25, 0.3) is 0 Å². The third kappa shape index (κ3) is 2.91. The quantitative estimate of drug-likeness (QED) is 0.817. The number of hydrogen-bond donors (Lipinski definition) is 2. The van der Waals surface area contributed by atoms with E-state index in [-0.39, 0.29) is 17.2 Å². The summed E-state index contributed by atoms with van der Waals surface area (Å²) in [7, 11) is 1.32. The maximum atomic E-state index is 12.6. The van der Waals surface area contributed by atoms with Crippen LogP contribution in [0.4, 0.5) is 4.79 Å². The van der Waals surface area contributed by atoms with E-state index >= 15 is 0 Å². The van der Waals surface area contributed by atoms with Gasteiger partial charge in [0.15, 0.2) is 5.78 Å². The molecule has 1 aliphatic heterocycles. The number of benzene rings is 1. The van der Waals surface area contributed by atoms with Gasteiger partial charge in [-0.15, -0.1) is 0 Å². The van der Waals surface area contributed by atoms with E-state index < -0.39 is 12.0 Å². The van der Waals surface area contributed by atoms with Crippen molar-refractivity contribution in [2.45, 2.75) is 32.7 Å². The molecule has 2 amide bonds. The van der Waals surface area contributed by atoms with Crippen LogP contribution in [-0.2, 0) is 9.53 Å². The normalized spacial score (nSPS) is 22.4. The summed E-state index contributed by atoms with van der Waals surface area (Å²) in [5.41, 5.74) is 2.33. The topological polar surface area (TPSA) is 84.5 Å². The first-order valence-electron chi connectivity index (χ1n) is 7.83. The molecule has 1 atom stereocenters. The molecule has 24 heavy (non-hydrogen) atoms. The fourth-order valence-electron chi connectivity index (χ4n) is 3.34. The number of amides is 2. The molecule has 1 aliphatic carbocycles. The lowest BCUT2D eigenvalue weighted by atomic mass is 9.73. The Bertz CT molecular complexity index is 747. The van der Waals surface area contributed by atoms with Crippen molar-refractivity contribution in [2.75, 3.05) is 7.11 Å². The van der Waals surface area contributed by atoms with Crippen LogP contribution in [0.15, 0.2) is 35.5 Å². The van der Waals surface area contributed by atoms with Gasteiger partial charge >= 0.3 is 12.0 Å². The second-order valence-corrected chi connectivity index (χ2v) is 6.98. The Hall–Kier alpha value is -2.63. The highest BCUT2D eigenvalue weighted by atomic mass is 16.5. The second kappa shape index (κ2) is 5.78. The minimum atomic E-state index is -0.496. The number of hydrogen-bond acceptors (Lipinski definition) is 4. The number of carbonyl (C=O) groups excluding carboxylic acids is 3. The first-order valence-corrected chi connectivity index (χ1v) is 7.83. The molecule has 0 saturated heterocycles. The average Bonchev–Trinajstić information content (AvgIpc) is 2.51. The molecule has 1 aromatic rings. The number of esters is 1. The molecule has 0 saturated carbocycles. The van der Waals surface area contributed by atoms with Gasteiger partial charge in [-0.1, -0.05) is 26.0 Å². The first kappa shape index (κ1) is 16.2. The van der Waals surface area contributed by atoms with Gasteiger partial charge < -0.3 is 15.4 Å². The number of urea groups is 1. The molecule has 0 unspecified atom stereocenters. The fraction of sp³-hybridized carbons (Fsp3) is 0.389. The molecule has 6 nitrogen and oxygen atoms in total. The molecule has 1 heterocycles. The molecule has 6 heteroatoms. The zero-order valence-electron chi connectivity index (χ0n) is 13.9. The maximum absolute atomic E-state index is 12.6. The van der Waals surface area contributed by atoms with Gasteiger partial charge in [-0.3, -0.25) is 4.79 Å². The predicted molar refractivity (Wildman–Crippen MR) is 87.2 cm³/mol. The number of rotatable bonds is 2. The molecule has 1 aromatic carbocycles. The van der Waals surface area contributed by atoms with E-state index in [4.69, 9.17) is 0 Å². The van der Waals surface area contributed by atoms with E-state index in [1.54, 1.807) is 24.3 Å². The van der Waals surface area contributed by atoms with Crippen molar-refractivity contribution in [3.63, 3.8) is 0 Å². The molecule has 0 aromatic heterocycles. The van der Waals surface area contributed by atoms with E-state index in [1.807, 2.05) is 13.8 Å². The van der Waals surface area contributed by atoms with E-state index in [1.165, 1.54) is 7.11 Å². The smallest absolute Gasteiger partial charge is 0.337 e. The number of methoxy groups -OCH3 is 1. The van der Waals surface area contributed by atoms with Crippen molar-refractivity contribution in [2.24, 2.45) is 5.41 Å². The third-order valence-electron chi connectivity index (χ3n) is 4.41. The maximum Gasteiger partial charge on any atom is 0.337 e. The Kier molecular flexibility index (Phi) is 3.91. The van der Waals surface area contributed by atoms with Gasteiger partial charge in [0.05, 0.1) is 18.7 Å². The van der Waals surface area contributed by atoms with Gasteiger partial charge in [0.2, 0.25) is 0 Å². The summed E-state index contributed by atoms with van der Waals surface area (Å²) < 4.78 is 4.68. The Morgan fingerprint density at radius 1 is 1.17 bits per heavy atom. The minimum Gasteiger partial charge on any atom is -0.465 e. The highest BCUT2D eigenvalue weighted by Crippen LogP contribution is 2.41. The van der Waals surface area contributed by atoms with Crippen LogP contribution in [0, 0.1) is 5.41 Å². The molecule has 126 valence electrons. The SMILES string of the molecule is COC(=O)c1ccc([C@H]2NC(=O)NC3=C2C(=O)CC(C)(C)C3)cc1. The molecule has 0 bridgehead atoms. The lowest BCUT2D eigenvalue weighted by Crippen LogP contribution is -2.48. The standard InChI is InChI=1S/C18H20N2O4/c1-18(2)8-12-14(13(21)9-18)15(20-17(23)19-12)10-4-6-11(7-5-10)16(22)24-3/h4-7,15H,8-9H2,1-3H3,(H2,19,20,23)/t15-/m1/s1. The van der Waals surface area contributed by atoms with Gasteiger partial charge in [-0.05, 0) is 29.5 Å². The molecule has 0 fully saturated rings. The summed E-state index contributed by atoms with van der Waals surface area (Å²) >= 11 is 0. The van der Waals surface area contributed by atoms with Crippen LogP contribution < -0.4 is 10.6 Å². The van der Waals surface area contributed by atoms with Crippen LogP contribution in [0.2, 0.25) is 0 Å². The molecular formula is C18H20N2O4. The van der Waals surface area contributed by atoms with Crippen molar-refractivity contribution in [1.82, 2.24) is 10.6 Å². The monoisotopic (exact) mass is 328 g/mol. The summed E-state index contributed by atoms with van der Waals surface area (Å²) in [6, 6.07) is 5.92. The lowest BCUT2D eigenvalue weighted by Gasteiger charge is -2.38. The molecule has 0 radical (unpaired) electrons. The lowest BCUT2D eigenvalue weighted by molar-refractivity contribution is -0.118. The van der Waals surface area contributed by atoms with Crippen molar-refractivity contribution < 1.29 is 19.1 Å². The zero-order chi connectivity index (χ0) is 17.5. The number of ether oxygens (including phenoxy) is 1.